The molecule has 0 spiro atoms. The van der Waals surface area contributed by atoms with Gasteiger partial charge in [0.15, 0.2) is 0 Å². The number of aromatic nitrogens is 3. The van der Waals surface area contributed by atoms with E-state index in [4.69, 9.17) is 4.99 Å². The van der Waals surface area contributed by atoms with Gasteiger partial charge in [-0.05, 0) is 38.1 Å². The van der Waals surface area contributed by atoms with Crippen LogP contribution >= 0.6 is 0 Å². The Morgan fingerprint density at radius 3 is 2.66 bits per heavy atom. The van der Waals surface area contributed by atoms with Gasteiger partial charge in [0.05, 0.1) is 16.8 Å². The number of para-hydroxylation sites is 2. The van der Waals surface area contributed by atoms with Crippen LogP contribution in [0.15, 0.2) is 78.2 Å². The van der Waals surface area contributed by atoms with Crippen LogP contribution in [0.3, 0.4) is 0 Å². The first-order valence-electron chi connectivity index (χ1n) is 9.75. The first kappa shape index (κ1) is 17.4. The number of aromatic amines is 1. The number of benzene rings is 2. The van der Waals surface area contributed by atoms with E-state index in [1.165, 1.54) is 5.70 Å². The molecule has 2 unspecified atom stereocenters. The Kier molecular flexibility index (Phi) is 4.24. The number of H-pyrrole nitrogens is 1. The Morgan fingerprint density at radius 1 is 1.00 bits per heavy atom. The van der Waals surface area contributed by atoms with Gasteiger partial charge in [-0.2, -0.15) is 0 Å². The van der Waals surface area contributed by atoms with Crippen LogP contribution in [0.4, 0.5) is 11.5 Å². The number of hydrogen-bond donors (Lipinski definition) is 2. The van der Waals surface area contributed by atoms with E-state index in [1.807, 2.05) is 24.4 Å². The summed E-state index contributed by atoms with van der Waals surface area (Å²) in [6.45, 7) is 4.31. The fraction of sp³-hybridized carbons (Fsp3) is 0.174. The van der Waals surface area contributed by atoms with Gasteiger partial charge >= 0.3 is 0 Å². The van der Waals surface area contributed by atoms with Crippen molar-refractivity contribution in [3.8, 4) is 0 Å². The molecule has 1 aliphatic rings. The molecule has 5 rings (SSSR count). The minimum atomic E-state index is -0.115. The zero-order valence-electron chi connectivity index (χ0n) is 16.4. The highest BCUT2D eigenvalue weighted by molar-refractivity contribution is 5.86. The quantitative estimate of drug-likeness (QED) is 0.569. The molecule has 0 aliphatic carbocycles. The summed E-state index contributed by atoms with van der Waals surface area (Å²) in [6.07, 6.45) is 3.34. The third kappa shape index (κ3) is 3.02. The molecule has 2 aromatic carbocycles. The van der Waals surface area contributed by atoms with Crippen LogP contribution in [-0.4, -0.2) is 27.2 Å². The van der Waals surface area contributed by atoms with Crippen LogP contribution in [0.5, 0.6) is 0 Å². The highest BCUT2D eigenvalue weighted by Crippen LogP contribution is 2.27. The smallest absolute Gasteiger partial charge is 0.145 e. The first-order valence-corrected chi connectivity index (χ1v) is 9.75. The first-order chi connectivity index (χ1) is 14.2. The molecule has 0 fully saturated rings. The average molecular weight is 382 g/mol. The second-order valence-corrected chi connectivity index (χ2v) is 7.25. The Morgan fingerprint density at radius 2 is 1.79 bits per heavy atom. The largest absolute Gasteiger partial charge is 0.363 e. The van der Waals surface area contributed by atoms with Gasteiger partial charge in [0, 0.05) is 22.8 Å². The standard InChI is InChI=1S/C23H22N6/c1-15(27-22-19-12-13-24-21(19)25-14-26-22)23-28-20-11-7-6-10-18(20)16(2)29(23)17-8-4-3-5-9-17/h3-15,23H,1-2H3,(H2,24,25,26,27). The van der Waals surface area contributed by atoms with Crippen molar-refractivity contribution in [3.05, 3.63) is 83.8 Å². The van der Waals surface area contributed by atoms with Crippen molar-refractivity contribution in [1.29, 1.82) is 0 Å². The molecule has 0 bridgehead atoms. The average Bonchev–Trinajstić information content (AvgIpc) is 3.24. The summed E-state index contributed by atoms with van der Waals surface area (Å²) in [4.78, 5) is 19.3. The summed E-state index contributed by atoms with van der Waals surface area (Å²) < 4.78 is 0. The molecule has 2 N–H and O–H groups in total. The van der Waals surface area contributed by atoms with Gasteiger partial charge in [-0.1, -0.05) is 36.4 Å². The van der Waals surface area contributed by atoms with Crippen molar-refractivity contribution in [3.63, 3.8) is 0 Å². The van der Waals surface area contributed by atoms with Gasteiger partial charge in [-0.3, -0.25) is 4.99 Å². The Hall–Kier alpha value is -3.67. The topological polar surface area (TPSA) is 69.2 Å². The molecule has 6 heteroatoms. The summed E-state index contributed by atoms with van der Waals surface area (Å²) in [7, 11) is 0. The van der Waals surface area contributed by atoms with E-state index in [2.05, 4.69) is 81.5 Å². The van der Waals surface area contributed by atoms with E-state index in [1.54, 1.807) is 6.33 Å². The number of fused-ring (bicyclic) bond motifs is 2. The molecule has 2 aromatic heterocycles. The molecule has 0 amide bonds. The van der Waals surface area contributed by atoms with Crippen molar-refractivity contribution < 1.29 is 0 Å². The summed E-state index contributed by atoms with van der Waals surface area (Å²) >= 11 is 0. The zero-order valence-corrected chi connectivity index (χ0v) is 16.4. The Labute approximate surface area is 168 Å². The van der Waals surface area contributed by atoms with Crippen LogP contribution < -0.4 is 20.8 Å². The molecule has 0 saturated heterocycles. The van der Waals surface area contributed by atoms with Crippen molar-refractivity contribution in [2.24, 2.45) is 4.99 Å². The van der Waals surface area contributed by atoms with E-state index in [0.717, 1.165) is 33.1 Å². The number of nitrogens with zero attached hydrogens (tertiary/aromatic N) is 4. The molecule has 4 aromatic rings. The lowest BCUT2D eigenvalue weighted by Gasteiger charge is -2.37. The van der Waals surface area contributed by atoms with Crippen molar-refractivity contribution in [1.82, 2.24) is 15.0 Å². The van der Waals surface area contributed by atoms with Crippen molar-refractivity contribution >= 4 is 28.2 Å². The van der Waals surface area contributed by atoms with Crippen LogP contribution in [0.2, 0.25) is 0 Å². The molecule has 0 saturated carbocycles. The van der Waals surface area contributed by atoms with Gasteiger partial charge in [-0.25, -0.2) is 9.97 Å². The molecule has 6 nitrogen and oxygen atoms in total. The van der Waals surface area contributed by atoms with E-state index < -0.39 is 0 Å². The molecule has 29 heavy (non-hydrogen) atoms. The monoisotopic (exact) mass is 382 g/mol. The van der Waals surface area contributed by atoms with Crippen LogP contribution in [0, 0.1) is 0 Å². The van der Waals surface area contributed by atoms with E-state index in [9.17, 15) is 0 Å². The third-order valence-electron chi connectivity index (χ3n) is 5.39. The lowest BCUT2D eigenvalue weighted by atomic mass is 10.1. The van der Waals surface area contributed by atoms with Crippen LogP contribution in [0.25, 0.3) is 16.7 Å². The third-order valence-corrected chi connectivity index (χ3v) is 5.39. The van der Waals surface area contributed by atoms with Gasteiger partial charge in [0.1, 0.15) is 24.0 Å². The molecular formula is C23H22N6. The Bertz CT molecular complexity index is 1280. The van der Waals surface area contributed by atoms with Crippen LogP contribution in [0.1, 0.15) is 13.8 Å². The molecule has 144 valence electrons. The molecule has 1 aliphatic heterocycles. The maximum atomic E-state index is 5.11. The van der Waals surface area contributed by atoms with Gasteiger partial charge in [0.25, 0.3) is 0 Å². The van der Waals surface area contributed by atoms with Crippen molar-refractivity contribution in [2.45, 2.75) is 26.1 Å². The summed E-state index contributed by atoms with van der Waals surface area (Å²) in [6, 6.07) is 20.7. The van der Waals surface area contributed by atoms with E-state index in [-0.39, 0.29) is 12.2 Å². The Balaban J connectivity index is 1.59. The summed E-state index contributed by atoms with van der Waals surface area (Å²) in [5, 5.41) is 6.73. The van der Waals surface area contributed by atoms with E-state index >= 15 is 0 Å². The summed E-state index contributed by atoms with van der Waals surface area (Å²) in [5.41, 5.74) is 3.13. The highest BCUT2D eigenvalue weighted by atomic mass is 15.3. The fourth-order valence-corrected chi connectivity index (χ4v) is 3.97. The van der Waals surface area contributed by atoms with Crippen LogP contribution in [-0.2, 0) is 0 Å². The summed E-state index contributed by atoms with van der Waals surface area (Å²) in [5.74, 6) is 0.809. The SMILES string of the molecule is CC1=c2ccccc2=NC(C(C)Nc2ncnc3[nH]ccc23)N1c1ccccc1. The lowest BCUT2D eigenvalue weighted by molar-refractivity contribution is 0.577. The molecule has 2 atom stereocenters. The fourth-order valence-electron chi connectivity index (χ4n) is 3.97. The number of nitrogens with one attached hydrogen (secondary N) is 2. The lowest BCUT2D eigenvalue weighted by Crippen LogP contribution is -2.51. The molecule has 3 heterocycles. The van der Waals surface area contributed by atoms with Gasteiger partial charge < -0.3 is 15.2 Å². The molecular weight excluding hydrogens is 360 g/mol. The number of anilines is 2. The maximum absolute atomic E-state index is 5.11. The highest BCUT2D eigenvalue weighted by Gasteiger charge is 2.29. The van der Waals surface area contributed by atoms with Gasteiger partial charge in [-0.15, -0.1) is 0 Å². The van der Waals surface area contributed by atoms with Crippen molar-refractivity contribution in [2.75, 3.05) is 10.2 Å². The predicted octanol–water partition coefficient (Wildman–Crippen LogP) is 3.05. The predicted molar refractivity (Wildman–Crippen MR) is 116 cm³/mol. The second-order valence-electron chi connectivity index (χ2n) is 7.25. The number of rotatable bonds is 4. The minimum Gasteiger partial charge on any atom is -0.363 e. The molecule has 0 radical (unpaired) electrons. The maximum Gasteiger partial charge on any atom is 0.145 e. The second kappa shape index (κ2) is 7.05. The zero-order chi connectivity index (χ0) is 19.8. The van der Waals surface area contributed by atoms with Gasteiger partial charge in [0.2, 0.25) is 0 Å². The minimum absolute atomic E-state index is 0.00603. The number of hydrogen-bond acceptors (Lipinski definition) is 5. The normalized spacial score (nSPS) is 17.0. The van der Waals surface area contributed by atoms with E-state index in [0.29, 0.717) is 0 Å².